The molecule has 2 aromatic carbocycles. The molecule has 0 saturated carbocycles. The van der Waals surface area contributed by atoms with Crippen molar-refractivity contribution >= 4 is 46.2 Å². The Balaban J connectivity index is 1.66. The van der Waals surface area contributed by atoms with E-state index in [0.717, 1.165) is 16.9 Å². The van der Waals surface area contributed by atoms with E-state index in [1.807, 2.05) is 12.1 Å². The Morgan fingerprint density at radius 1 is 1.08 bits per heavy atom. The molecule has 126 valence electrons. The lowest BCUT2D eigenvalue weighted by atomic mass is 10.1. The number of amides is 1. The van der Waals surface area contributed by atoms with Crippen molar-refractivity contribution in [1.82, 2.24) is 5.16 Å². The van der Waals surface area contributed by atoms with Gasteiger partial charge < -0.3 is 20.9 Å². The molecule has 0 bridgehead atoms. The molecule has 1 heterocycles. The number of nitrogens with two attached hydrogens (primary N) is 1. The number of nitrogens with one attached hydrogen (secondary N) is 2. The number of rotatable bonds is 4. The van der Waals surface area contributed by atoms with Crippen molar-refractivity contribution in [3.05, 3.63) is 65.3 Å². The van der Waals surface area contributed by atoms with E-state index in [4.69, 9.17) is 34.1 Å². The summed E-state index contributed by atoms with van der Waals surface area (Å²) < 4.78 is 5.10. The second kappa shape index (κ2) is 7.33. The monoisotopic (exact) mass is 372 g/mol. The first-order chi connectivity index (χ1) is 12.0. The van der Waals surface area contributed by atoms with Crippen molar-refractivity contribution in [3.8, 4) is 11.3 Å². The number of halogens is 1. The molecule has 0 aliphatic heterocycles. The van der Waals surface area contributed by atoms with Crippen LogP contribution in [0, 0.1) is 0 Å². The fourth-order valence-corrected chi connectivity index (χ4v) is 2.67. The Morgan fingerprint density at radius 2 is 1.76 bits per heavy atom. The van der Waals surface area contributed by atoms with Crippen LogP contribution < -0.4 is 16.4 Å². The maximum Gasteiger partial charge on any atom is 0.248 e. The molecule has 25 heavy (non-hydrogen) atoms. The van der Waals surface area contributed by atoms with Gasteiger partial charge in [-0.2, -0.15) is 0 Å². The number of aromatic nitrogens is 1. The largest absolute Gasteiger partial charge is 0.366 e. The zero-order valence-electron chi connectivity index (χ0n) is 12.8. The molecular formula is C17H13ClN4O2S. The summed E-state index contributed by atoms with van der Waals surface area (Å²) in [5.74, 6) is 0.112. The minimum atomic E-state index is -0.478. The molecule has 3 aromatic rings. The Bertz CT molecular complexity index is 911. The fourth-order valence-electron chi connectivity index (χ4n) is 2.16. The summed E-state index contributed by atoms with van der Waals surface area (Å²) in [6.45, 7) is 0. The van der Waals surface area contributed by atoms with E-state index >= 15 is 0 Å². The summed E-state index contributed by atoms with van der Waals surface area (Å²) in [4.78, 5) is 11.1. The van der Waals surface area contributed by atoms with Crippen molar-refractivity contribution in [2.75, 3.05) is 10.6 Å². The lowest BCUT2D eigenvalue weighted by Gasteiger charge is -2.12. The van der Waals surface area contributed by atoms with Crippen LogP contribution in [0.25, 0.3) is 11.3 Å². The number of benzene rings is 2. The molecule has 3 rings (SSSR count). The summed E-state index contributed by atoms with van der Waals surface area (Å²) in [5.41, 5.74) is 7.83. The average Bonchev–Trinajstić information content (AvgIpc) is 3.09. The minimum Gasteiger partial charge on any atom is -0.366 e. The molecule has 0 fully saturated rings. The second-order valence-corrected chi connectivity index (χ2v) is 5.91. The van der Waals surface area contributed by atoms with E-state index in [1.165, 1.54) is 0 Å². The van der Waals surface area contributed by atoms with Gasteiger partial charge in [-0.15, -0.1) is 0 Å². The number of anilines is 2. The summed E-state index contributed by atoms with van der Waals surface area (Å²) in [6, 6.07) is 13.8. The van der Waals surface area contributed by atoms with Crippen LogP contribution >= 0.6 is 23.8 Å². The molecular weight excluding hydrogens is 360 g/mol. The zero-order chi connectivity index (χ0) is 17.8. The number of carbonyl (C=O) groups excluding carboxylic acids is 1. The maximum absolute atomic E-state index is 11.1. The van der Waals surface area contributed by atoms with Crippen molar-refractivity contribution in [2.45, 2.75) is 0 Å². The van der Waals surface area contributed by atoms with Crippen LogP contribution in [0.2, 0.25) is 5.02 Å². The van der Waals surface area contributed by atoms with Crippen LogP contribution in [0.5, 0.6) is 0 Å². The van der Waals surface area contributed by atoms with Gasteiger partial charge in [-0.1, -0.05) is 16.8 Å². The normalized spacial score (nSPS) is 10.3. The Kier molecular flexibility index (Phi) is 4.97. The third-order valence-corrected chi connectivity index (χ3v) is 3.87. The van der Waals surface area contributed by atoms with Gasteiger partial charge >= 0.3 is 0 Å². The Morgan fingerprint density at radius 3 is 2.36 bits per heavy atom. The quantitative estimate of drug-likeness (QED) is 0.601. The van der Waals surface area contributed by atoms with E-state index in [1.54, 1.807) is 42.6 Å². The molecule has 0 aliphatic carbocycles. The number of thiocarbonyl (C=S) groups is 1. The molecule has 0 unspecified atom stereocenters. The summed E-state index contributed by atoms with van der Waals surface area (Å²) >= 11 is 11.5. The van der Waals surface area contributed by atoms with E-state index in [0.29, 0.717) is 21.5 Å². The molecule has 0 aliphatic rings. The first-order valence-electron chi connectivity index (χ1n) is 7.21. The van der Waals surface area contributed by atoms with E-state index in [2.05, 4.69) is 15.8 Å². The van der Waals surface area contributed by atoms with Gasteiger partial charge in [0.15, 0.2) is 10.9 Å². The zero-order valence-corrected chi connectivity index (χ0v) is 14.4. The fraction of sp³-hybridized carbons (Fsp3) is 0. The standard InChI is InChI=1S/C17H13ClN4O2S/c18-14-9-12(5-6-13(14)15-7-8-20-24-15)22-17(25)21-11-3-1-10(2-4-11)16(19)23/h1-9H,(H2,19,23)(H2,21,22,25). The maximum atomic E-state index is 11.1. The van der Waals surface area contributed by atoms with Crippen LogP contribution in [0.15, 0.2) is 59.3 Å². The molecule has 0 radical (unpaired) electrons. The van der Waals surface area contributed by atoms with Gasteiger partial charge in [0, 0.05) is 28.6 Å². The number of hydrogen-bond donors (Lipinski definition) is 3. The molecule has 0 saturated heterocycles. The highest BCUT2D eigenvalue weighted by Crippen LogP contribution is 2.30. The predicted octanol–water partition coefficient (Wildman–Crippen LogP) is 3.90. The summed E-state index contributed by atoms with van der Waals surface area (Å²) in [6.07, 6.45) is 1.56. The van der Waals surface area contributed by atoms with Gasteiger partial charge in [-0.05, 0) is 54.7 Å². The third-order valence-electron chi connectivity index (χ3n) is 3.36. The topological polar surface area (TPSA) is 93.2 Å². The molecule has 0 atom stereocenters. The first-order valence-corrected chi connectivity index (χ1v) is 8.00. The average molecular weight is 373 g/mol. The lowest BCUT2D eigenvalue weighted by molar-refractivity contribution is 0.100. The van der Waals surface area contributed by atoms with Crippen LogP contribution in [-0.2, 0) is 0 Å². The lowest BCUT2D eigenvalue weighted by Crippen LogP contribution is -2.19. The third kappa shape index (κ3) is 4.14. The van der Waals surface area contributed by atoms with Crippen LogP contribution in [-0.4, -0.2) is 16.2 Å². The molecule has 4 N–H and O–H groups in total. The Labute approximate surface area is 154 Å². The smallest absolute Gasteiger partial charge is 0.248 e. The van der Waals surface area contributed by atoms with Crippen molar-refractivity contribution in [3.63, 3.8) is 0 Å². The van der Waals surface area contributed by atoms with Gasteiger partial charge in [-0.3, -0.25) is 4.79 Å². The van der Waals surface area contributed by atoms with Gasteiger partial charge in [-0.25, -0.2) is 0 Å². The SMILES string of the molecule is NC(=O)c1ccc(NC(=S)Nc2ccc(-c3ccno3)c(Cl)c2)cc1. The van der Waals surface area contributed by atoms with Gasteiger partial charge in [0.25, 0.3) is 0 Å². The van der Waals surface area contributed by atoms with Crippen molar-refractivity contribution < 1.29 is 9.32 Å². The number of carbonyl (C=O) groups is 1. The van der Waals surface area contributed by atoms with Gasteiger partial charge in [0.05, 0.1) is 11.2 Å². The van der Waals surface area contributed by atoms with Crippen molar-refractivity contribution in [2.24, 2.45) is 5.73 Å². The molecule has 8 heteroatoms. The highest BCUT2D eigenvalue weighted by Gasteiger charge is 2.09. The first kappa shape index (κ1) is 16.9. The van der Waals surface area contributed by atoms with Crippen LogP contribution in [0.4, 0.5) is 11.4 Å². The Hall–Kier alpha value is -2.90. The molecule has 0 spiro atoms. The highest BCUT2D eigenvalue weighted by atomic mass is 35.5. The number of hydrogen-bond acceptors (Lipinski definition) is 4. The summed E-state index contributed by atoms with van der Waals surface area (Å²) in [7, 11) is 0. The molecule has 1 amide bonds. The van der Waals surface area contributed by atoms with Gasteiger partial charge in [0.2, 0.25) is 5.91 Å². The molecule has 1 aromatic heterocycles. The highest BCUT2D eigenvalue weighted by molar-refractivity contribution is 7.80. The van der Waals surface area contributed by atoms with Crippen molar-refractivity contribution in [1.29, 1.82) is 0 Å². The van der Waals surface area contributed by atoms with E-state index in [-0.39, 0.29) is 0 Å². The van der Waals surface area contributed by atoms with Crippen LogP contribution in [0.3, 0.4) is 0 Å². The number of primary amides is 1. The molecule has 6 nitrogen and oxygen atoms in total. The predicted molar refractivity (Wildman–Crippen MR) is 102 cm³/mol. The summed E-state index contributed by atoms with van der Waals surface area (Å²) in [5, 5.41) is 10.6. The van der Waals surface area contributed by atoms with E-state index < -0.39 is 5.91 Å². The second-order valence-electron chi connectivity index (χ2n) is 5.09. The minimum absolute atomic E-state index is 0.385. The number of nitrogens with zero attached hydrogens (tertiary/aromatic N) is 1. The van der Waals surface area contributed by atoms with Crippen LogP contribution in [0.1, 0.15) is 10.4 Å². The van der Waals surface area contributed by atoms with E-state index in [9.17, 15) is 4.79 Å². The van der Waals surface area contributed by atoms with Gasteiger partial charge in [0.1, 0.15) is 0 Å².